The van der Waals surface area contributed by atoms with Gasteiger partial charge < -0.3 is 10.1 Å². The van der Waals surface area contributed by atoms with Crippen LogP contribution in [0, 0.1) is 12.3 Å². The maximum absolute atomic E-state index is 12.0. The van der Waals surface area contributed by atoms with Crippen molar-refractivity contribution >= 4 is 21.8 Å². The molecule has 0 unspecified atom stereocenters. The monoisotopic (exact) mass is 297 g/mol. The number of rotatable bonds is 3. The number of benzene rings is 1. The fourth-order valence-corrected chi connectivity index (χ4v) is 2.30. The molecule has 0 radical (unpaired) electrons. The molecule has 0 aliphatic carbocycles. The first-order valence-corrected chi connectivity index (χ1v) is 6.42. The Morgan fingerprint density at radius 2 is 2.24 bits per heavy atom. The molecule has 1 aromatic rings. The Kier molecular flexibility index (Phi) is 3.54. The molecule has 1 saturated heterocycles. The van der Waals surface area contributed by atoms with E-state index in [0.717, 1.165) is 28.8 Å². The van der Waals surface area contributed by atoms with E-state index in [2.05, 4.69) is 28.2 Å². The van der Waals surface area contributed by atoms with Gasteiger partial charge in [-0.2, -0.15) is 0 Å². The predicted octanol–water partition coefficient (Wildman–Crippen LogP) is 2.52. The second kappa shape index (κ2) is 4.78. The first kappa shape index (κ1) is 12.6. The van der Waals surface area contributed by atoms with Gasteiger partial charge in [-0.3, -0.25) is 4.79 Å². The molecular formula is C13H16BrNO2. The third-order valence-corrected chi connectivity index (χ3v) is 3.50. The van der Waals surface area contributed by atoms with Gasteiger partial charge in [0, 0.05) is 22.0 Å². The maximum Gasteiger partial charge on any atom is 0.251 e. The number of carbonyl (C=O) groups is 1. The quantitative estimate of drug-likeness (QED) is 0.931. The lowest BCUT2D eigenvalue weighted by atomic mass is 9.88. The van der Waals surface area contributed by atoms with Crippen LogP contribution in [0.5, 0.6) is 0 Å². The molecule has 0 atom stereocenters. The zero-order valence-corrected chi connectivity index (χ0v) is 11.6. The van der Waals surface area contributed by atoms with E-state index in [0.29, 0.717) is 6.54 Å². The van der Waals surface area contributed by atoms with Gasteiger partial charge in [-0.05, 0) is 30.7 Å². The molecule has 17 heavy (non-hydrogen) atoms. The summed E-state index contributed by atoms with van der Waals surface area (Å²) in [5, 5.41) is 2.97. The number of hydrogen-bond donors (Lipinski definition) is 1. The van der Waals surface area contributed by atoms with Gasteiger partial charge in [-0.15, -0.1) is 0 Å². The zero-order valence-electron chi connectivity index (χ0n) is 10.0. The predicted molar refractivity (Wildman–Crippen MR) is 70.1 cm³/mol. The number of aryl methyl sites for hydroxylation is 1. The first-order valence-electron chi connectivity index (χ1n) is 5.62. The van der Waals surface area contributed by atoms with Crippen LogP contribution in [-0.2, 0) is 4.74 Å². The van der Waals surface area contributed by atoms with E-state index in [1.54, 1.807) is 0 Å². The molecule has 0 bridgehead atoms. The standard InChI is InChI=1S/C13H16BrNO2/c1-9-5-10(14)3-4-11(9)12(16)15-6-13(2)7-17-8-13/h3-5H,6-8H2,1-2H3,(H,15,16). The highest BCUT2D eigenvalue weighted by Gasteiger charge is 2.33. The number of ether oxygens (including phenoxy) is 1. The highest BCUT2D eigenvalue weighted by atomic mass is 79.9. The Balaban J connectivity index is 1.99. The number of carbonyl (C=O) groups excluding carboxylic acids is 1. The van der Waals surface area contributed by atoms with E-state index in [-0.39, 0.29) is 11.3 Å². The smallest absolute Gasteiger partial charge is 0.251 e. The van der Waals surface area contributed by atoms with Crippen LogP contribution in [0.2, 0.25) is 0 Å². The summed E-state index contributed by atoms with van der Waals surface area (Å²) in [6, 6.07) is 5.67. The van der Waals surface area contributed by atoms with E-state index in [1.165, 1.54) is 0 Å². The lowest BCUT2D eigenvalue weighted by Crippen LogP contribution is -2.48. The van der Waals surface area contributed by atoms with Crippen molar-refractivity contribution < 1.29 is 9.53 Å². The van der Waals surface area contributed by atoms with Crippen LogP contribution in [0.3, 0.4) is 0 Å². The van der Waals surface area contributed by atoms with E-state index in [9.17, 15) is 4.79 Å². The van der Waals surface area contributed by atoms with Gasteiger partial charge in [0.1, 0.15) is 0 Å². The molecule has 1 aliphatic rings. The molecule has 1 aliphatic heterocycles. The van der Waals surface area contributed by atoms with Crippen LogP contribution in [0.1, 0.15) is 22.8 Å². The zero-order chi connectivity index (χ0) is 12.5. The average Bonchev–Trinajstić information content (AvgIpc) is 2.23. The first-order chi connectivity index (χ1) is 8.00. The molecule has 2 rings (SSSR count). The highest BCUT2D eigenvalue weighted by Crippen LogP contribution is 2.25. The van der Waals surface area contributed by atoms with Crippen molar-refractivity contribution in [2.45, 2.75) is 13.8 Å². The molecule has 1 aromatic carbocycles. The third-order valence-electron chi connectivity index (χ3n) is 3.01. The maximum atomic E-state index is 12.0. The average molecular weight is 298 g/mol. The van der Waals surface area contributed by atoms with E-state index < -0.39 is 0 Å². The number of halogens is 1. The summed E-state index contributed by atoms with van der Waals surface area (Å²) in [5.74, 6) is -0.0110. The summed E-state index contributed by atoms with van der Waals surface area (Å²) in [7, 11) is 0. The molecule has 0 spiro atoms. The van der Waals surface area contributed by atoms with Crippen molar-refractivity contribution in [3.05, 3.63) is 33.8 Å². The van der Waals surface area contributed by atoms with Crippen molar-refractivity contribution in [3.63, 3.8) is 0 Å². The third kappa shape index (κ3) is 2.87. The molecule has 1 amide bonds. The van der Waals surface area contributed by atoms with Gasteiger partial charge >= 0.3 is 0 Å². The Hall–Kier alpha value is -0.870. The van der Waals surface area contributed by atoms with Crippen LogP contribution in [0.15, 0.2) is 22.7 Å². The summed E-state index contributed by atoms with van der Waals surface area (Å²) in [5.41, 5.74) is 1.82. The fourth-order valence-electron chi connectivity index (χ4n) is 1.82. The minimum Gasteiger partial charge on any atom is -0.380 e. The molecule has 92 valence electrons. The van der Waals surface area contributed by atoms with Crippen LogP contribution in [0.25, 0.3) is 0 Å². The highest BCUT2D eigenvalue weighted by molar-refractivity contribution is 9.10. The summed E-state index contributed by atoms with van der Waals surface area (Å²) in [6.45, 7) is 6.18. The number of nitrogens with one attached hydrogen (secondary N) is 1. The lowest BCUT2D eigenvalue weighted by molar-refractivity contribution is -0.0978. The summed E-state index contributed by atoms with van der Waals surface area (Å²) in [6.07, 6.45) is 0. The summed E-state index contributed by atoms with van der Waals surface area (Å²) < 4.78 is 6.15. The van der Waals surface area contributed by atoms with E-state index in [1.807, 2.05) is 25.1 Å². The van der Waals surface area contributed by atoms with Crippen LogP contribution < -0.4 is 5.32 Å². The topological polar surface area (TPSA) is 38.3 Å². The lowest BCUT2D eigenvalue weighted by Gasteiger charge is -2.38. The number of hydrogen-bond acceptors (Lipinski definition) is 2. The summed E-state index contributed by atoms with van der Waals surface area (Å²) in [4.78, 5) is 12.0. The number of amides is 1. The molecule has 0 saturated carbocycles. The van der Waals surface area contributed by atoms with Crippen molar-refractivity contribution in [3.8, 4) is 0 Å². The molecule has 1 fully saturated rings. The summed E-state index contributed by atoms with van der Waals surface area (Å²) >= 11 is 3.39. The molecule has 4 heteroatoms. The van der Waals surface area contributed by atoms with Gasteiger partial charge in [0.05, 0.1) is 13.2 Å². The second-order valence-electron chi connectivity index (χ2n) is 4.95. The molecular weight excluding hydrogens is 282 g/mol. The van der Waals surface area contributed by atoms with E-state index >= 15 is 0 Å². The van der Waals surface area contributed by atoms with Gasteiger partial charge in [0.2, 0.25) is 0 Å². The Labute approximate surface area is 110 Å². The van der Waals surface area contributed by atoms with Gasteiger partial charge in [0.25, 0.3) is 5.91 Å². The Morgan fingerprint density at radius 3 is 2.76 bits per heavy atom. The van der Waals surface area contributed by atoms with Gasteiger partial charge in [-0.1, -0.05) is 22.9 Å². The Morgan fingerprint density at radius 1 is 1.53 bits per heavy atom. The van der Waals surface area contributed by atoms with Gasteiger partial charge in [0.15, 0.2) is 0 Å². The second-order valence-corrected chi connectivity index (χ2v) is 5.86. The van der Waals surface area contributed by atoms with Crippen LogP contribution in [-0.4, -0.2) is 25.7 Å². The van der Waals surface area contributed by atoms with Crippen molar-refractivity contribution in [2.75, 3.05) is 19.8 Å². The van der Waals surface area contributed by atoms with Crippen LogP contribution >= 0.6 is 15.9 Å². The largest absolute Gasteiger partial charge is 0.380 e. The van der Waals surface area contributed by atoms with Crippen molar-refractivity contribution in [1.82, 2.24) is 5.32 Å². The molecule has 3 nitrogen and oxygen atoms in total. The van der Waals surface area contributed by atoms with Crippen molar-refractivity contribution in [1.29, 1.82) is 0 Å². The molecule has 1 N–H and O–H groups in total. The normalized spacial score (nSPS) is 17.4. The minimum absolute atomic E-state index is 0.0110. The Bertz CT molecular complexity index is 441. The SMILES string of the molecule is Cc1cc(Br)ccc1C(=O)NCC1(C)COC1. The van der Waals surface area contributed by atoms with Gasteiger partial charge in [-0.25, -0.2) is 0 Å². The molecule has 0 aromatic heterocycles. The fraction of sp³-hybridized carbons (Fsp3) is 0.462. The van der Waals surface area contributed by atoms with Crippen molar-refractivity contribution in [2.24, 2.45) is 5.41 Å². The minimum atomic E-state index is -0.0110. The van der Waals surface area contributed by atoms with Crippen LogP contribution in [0.4, 0.5) is 0 Å². The van der Waals surface area contributed by atoms with E-state index in [4.69, 9.17) is 4.74 Å². The molecule has 1 heterocycles.